The molecule has 3 heterocycles. The summed E-state index contributed by atoms with van der Waals surface area (Å²) in [5.74, 6) is 0.586. The molecular formula is C24H10Cl2O5. The van der Waals surface area contributed by atoms with Crippen molar-refractivity contribution in [3.05, 3.63) is 87.1 Å². The topological polar surface area (TPSA) is 73.6 Å². The van der Waals surface area contributed by atoms with Crippen LogP contribution in [0, 0.1) is 0 Å². The Balaban J connectivity index is 1.37. The van der Waals surface area contributed by atoms with Crippen LogP contribution < -0.4 is 0 Å². The maximum Gasteiger partial charge on any atom is 0.197 e. The van der Waals surface area contributed by atoms with Crippen molar-refractivity contribution in [1.82, 2.24) is 0 Å². The normalized spacial score (nSPS) is 13.5. The molecule has 150 valence electrons. The number of hydrogen-bond acceptors (Lipinski definition) is 5. The van der Waals surface area contributed by atoms with E-state index in [9.17, 15) is 9.59 Å². The Morgan fingerprint density at radius 1 is 0.677 bits per heavy atom. The summed E-state index contributed by atoms with van der Waals surface area (Å²) < 4.78 is 17.5. The van der Waals surface area contributed by atoms with E-state index in [0.717, 1.165) is 11.0 Å². The quantitative estimate of drug-likeness (QED) is 0.210. The van der Waals surface area contributed by atoms with E-state index in [1.807, 2.05) is 30.3 Å². The molecule has 0 atom stereocenters. The van der Waals surface area contributed by atoms with Gasteiger partial charge in [-0.3, -0.25) is 9.59 Å². The minimum atomic E-state index is -0.422. The van der Waals surface area contributed by atoms with Gasteiger partial charge in [0, 0.05) is 28.6 Å². The highest BCUT2D eigenvalue weighted by Crippen LogP contribution is 2.36. The van der Waals surface area contributed by atoms with Crippen LogP contribution in [0.1, 0.15) is 26.5 Å². The molecule has 31 heavy (non-hydrogen) atoms. The van der Waals surface area contributed by atoms with Crippen molar-refractivity contribution in [3.8, 4) is 11.5 Å². The molecule has 0 radical (unpaired) electrons. The van der Waals surface area contributed by atoms with E-state index in [1.165, 1.54) is 18.2 Å². The summed E-state index contributed by atoms with van der Waals surface area (Å²) in [6, 6.07) is 15.7. The lowest BCUT2D eigenvalue weighted by Gasteiger charge is -1.98. The number of ketones is 2. The molecule has 6 rings (SSSR count). The molecule has 0 fully saturated rings. The van der Waals surface area contributed by atoms with Crippen molar-refractivity contribution >= 4 is 63.0 Å². The van der Waals surface area contributed by atoms with Crippen LogP contribution in [-0.4, -0.2) is 11.6 Å². The van der Waals surface area contributed by atoms with Gasteiger partial charge in [-0.15, -0.1) is 0 Å². The fourth-order valence-electron chi connectivity index (χ4n) is 3.74. The third kappa shape index (κ3) is 2.78. The zero-order chi connectivity index (χ0) is 21.3. The van der Waals surface area contributed by atoms with Gasteiger partial charge in [0.05, 0.1) is 15.6 Å². The molecule has 0 saturated heterocycles. The number of hydrogen-bond donors (Lipinski definition) is 0. The number of furan rings is 3. The lowest BCUT2D eigenvalue weighted by Crippen LogP contribution is -1.99. The van der Waals surface area contributed by atoms with E-state index in [4.69, 9.17) is 36.5 Å². The average Bonchev–Trinajstić information content (AvgIpc) is 3.48. The molecule has 0 spiro atoms. The number of benzene rings is 2. The van der Waals surface area contributed by atoms with Crippen molar-refractivity contribution in [2.24, 2.45) is 0 Å². The lowest BCUT2D eigenvalue weighted by molar-refractivity contribution is 0.0990. The Morgan fingerprint density at radius 3 is 1.97 bits per heavy atom. The Kier molecular flexibility index (Phi) is 3.81. The van der Waals surface area contributed by atoms with E-state index in [0.29, 0.717) is 28.4 Å². The highest BCUT2D eigenvalue weighted by atomic mass is 35.5. The predicted octanol–water partition coefficient (Wildman–Crippen LogP) is 7.21. The Hall–Kier alpha value is -3.54. The van der Waals surface area contributed by atoms with Crippen LogP contribution in [0.25, 0.3) is 39.7 Å². The second-order valence-corrected chi connectivity index (χ2v) is 7.98. The van der Waals surface area contributed by atoms with Crippen molar-refractivity contribution in [3.63, 3.8) is 0 Å². The highest BCUT2D eigenvalue weighted by Gasteiger charge is 2.34. The maximum atomic E-state index is 12.7. The van der Waals surface area contributed by atoms with Crippen LogP contribution in [-0.2, 0) is 0 Å². The molecule has 3 aromatic heterocycles. The van der Waals surface area contributed by atoms with E-state index >= 15 is 0 Å². The van der Waals surface area contributed by atoms with Crippen LogP contribution in [0.5, 0.6) is 0 Å². The molecule has 0 unspecified atom stereocenters. The molecule has 1 aliphatic carbocycles. The van der Waals surface area contributed by atoms with E-state index in [1.54, 1.807) is 12.1 Å². The molecule has 7 heteroatoms. The van der Waals surface area contributed by atoms with Gasteiger partial charge >= 0.3 is 0 Å². The number of Topliss-reactive ketones (excluding diaryl/α,β-unsaturated/α-hetero) is 2. The third-order valence-electron chi connectivity index (χ3n) is 5.22. The van der Waals surface area contributed by atoms with Gasteiger partial charge in [-0.2, -0.15) is 0 Å². The Labute approximate surface area is 184 Å². The minimum absolute atomic E-state index is 0.0118. The van der Waals surface area contributed by atoms with Crippen LogP contribution in [0.2, 0.25) is 10.0 Å². The Bertz CT molecular complexity index is 1490. The number of halogens is 2. The number of carbonyl (C=O) groups is 2. The molecular weight excluding hydrogens is 439 g/mol. The van der Waals surface area contributed by atoms with Gasteiger partial charge in [0.15, 0.2) is 34.3 Å². The van der Waals surface area contributed by atoms with Gasteiger partial charge in [-0.25, -0.2) is 0 Å². The van der Waals surface area contributed by atoms with Crippen LogP contribution in [0.4, 0.5) is 0 Å². The first-order valence-electron chi connectivity index (χ1n) is 9.30. The number of rotatable bonds is 2. The number of para-hydroxylation sites is 1. The zero-order valence-corrected chi connectivity index (χ0v) is 17.1. The first-order chi connectivity index (χ1) is 15.0. The second kappa shape index (κ2) is 6.48. The van der Waals surface area contributed by atoms with Crippen molar-refractivity contribution < 1.29 is 22.8 Å². The summed E-state index contributed by atoms with van der Waals surface area (Å²) in [7, 11) is 0. The smallest absolute Gasteiger partial charge is 0.197 e. The van der Waals surface area contributed by atoms with E-state index < -0.39 is 11.6 Å². The third-order valence-corrected chi connectivity index (χ3v) is 5.94. The van der Waals surface area contributed by atoms with E-state index in [-0.39, 0.29) is 26.7 Å². The fraction of sp³-hybridized carbons (Fsp3) is 0. The van der Waals surface area contributed by atoms with Crippen LogP contribution in [0.3, 0.4) is 0 Å². The summed E-state index contributed by atoms with van der Waals surface area (Å²) in [5, 5.41) is 1.40. The summed E-state index contributed by atoms with van der Waals surface area (Å²) in [4.78, 5) is 25.4. The summed E-state index contributed by atoms with van der Waals surface area (Å²) >= 11 is 12.0. The van der Waals surface area contributed by atoms with Gasteiger partial charge in [0.25, 0.3) is 0 Å². The van der Waals surface area contributed by atoms with Gasteiger partial charge in [-0.1, -0.05) is 41.4 Å². The summed E-state index contributed by atoms with van der Waals surface area (Å²) in [6.07, 6.45) is 1.41. The average molecular weight is 449 g/mol. The standard InChI is InChI=1S/C24H10Cl2O5/c25-16-8-13-14(9-17(16)26)24(28)15(23(13)27)6-12-7-20-21(29-12)10-22(31-20)19-5-11-3-1-2-4-18(11)30-19/h1-10H. The van der Waals surface area contributed by atoms with Crippen molar-refractivity contribution in [1.29, 1.82) is 0 Å². The van der Waals surface area contributed by atoms with E-state index in [2.05, 4.69) is 0 Å². The zero-order valence-electron chi connectivity index (χ0n) is 15.6. The van der Waals surface area contributed by atoms with Gasteiger partial charge < -0.3 is 13.3 Å². The molecule has 5 nitrogen and oxygen atoms in total. The van der Waals surface area contributed by atoms with Crippen molar-refractivity contribution in [2.45, 2.75) is 0 Å². The first kappa shape index (κ1) is 18.2. The largest absolute Gasteiger partial charge is 0.453 e. The second-order valence-electron chi connectivity index (χ2n) is 7.16. The molecule has 0 amide bonds. The molecule has 1 aliphatic rings. The molecule has 0 bridgehead atoms. The van der Waals surface area contributed by atoms with Crippen LogP contribution in [0.15, 0.2) is 73.4 Å². The van der Waals surface area contributed by atoms with Gasteiger partial charge in [0.1, 0.15) is 11.3 Å². The fourth-order valence-corrected chi connectivity index (χ4v) is 4.07. The minimum Gasteiger partial charge on any atom is -0.453 e. The maximum absolute atomic E-state index is 12.7. The summed E-state index contributed by atoms with van der Waals surface area (Å²) in [5.41, 5.74) is 2.16. The number of fused-ring (bicyclic) bond motifs is 3. The lowest BCUT2D eigenvalue weighted by atomic mass is 10.1. The first-order valence-corrected chi connectivity index (χ1v) is 10.1. The molecule has 0 aliphatic heterocycles. The monoisotopic (exact) mass is 448 g/mol. The number of carbonyl (C=O) groups excluding carboxylic acids is 2. The van der Waals surface area contributed by atoms with Crippen LogP contribution >= 0.6 is 23.2 Å². The van der Waals surface area contributed by atoms with Gasteiger partial charge in [0.2, 0.25) is 0 Å². The molecule has 0 N–H and O–H groups in total. The molecule has 2 aromatic carbocycles. The van der Waals surface area contributed by atoms with Gasteiger partial charge in [-0.05, 0) is 30.3 Å². The molecule has 0 saturated carbocycles. The Morgan fingerprint density at radius 2 is 1.29 bits per heavy atom. The SMILES string of the molecule is O=C1C(=Cc2cc3oc(-c4cc5ccccc5o4)cc3o2)C(=O)c2cc(Cl)c(Cl)cc21. The predicted molar refractivity (Wildman–Crippen MR) is 117 cm³/mol. The van der Waals surface area contributed by atoms with Crippen molar-refractivity contribution in [2.75, 3.05) is 0 Å². The summed E-state index contributed by atoms with van der Waals surface area (Å²) in [6.45, 7) is 0. The highest BCUT2D eigenvalue weighted by molar-refractivity contribution is 6.46. The number of allylic oxidation sites excluding steroid dienone is 1. The molecule has 5 aromatic rings.